The fourth-order valence-corrected chi connectivity index (χ4v) is 2.26. The van der Waals surface area contributed by atoms with Gasteiger partial charge in [-0.05, 0) is 6.07 Å². The van der Waals surface area contributed by atoms with Gasteiger partial charge >= 0.3 is 0 Å². The molecular formula is C11H9ClN6. The molecule has 0 N–H and O–H groups in total. The summed E-state index contributed by atoms with van der Waals surface area (Å²) in [6, 6.07) is 3.67. The Morgan fingerprint density at radius 2 is 2.28 bits per heavy atom. The minimum Gasteiger partial charge on any atom is -0.346 e. The van der Waals surface area contributed by atoms with Crippen LogP contribution in [-0.4, -0.2) is 26.3 Å². The molecular weight excluding hydrogens is 252 g/mol. The highest BCUT2D eigenvalue weighted by Crippen LogP contribution is 2.28. The normalized spacial score (nSPS) is 14.1. The first-order valence-electron chi connectivity index (χ1n) is 5.46. The lowest BCUT2D eigenvalue weighted by atomic mass is 10.2. The first kappa shape index (κ1) is 11.0. The standard InChI is InChI=1S/C11H9ClN6/c12-10-8(5-13)1-2-14-11(10)17-3-4-18-7-15-16-9(18)6-17/h1-2,7H,3-4,6H2. The molecule has 0 spiro atoms. The van der Waals surface area contributed by atoms with Crippen molar-refractivity contribution in [3.05, 3.63) is 35.0 Å². The fourth-order valence-electron chi connectivity index (χ4n) is 1.99. The van der Waals surface area contributed by atoms with Gasteiger partial charge in [0.05, 0.1) is 12.1 Å². The first-order chi connectivity index (χ1) is 8.79. The van der Waals surface area contributed by atoms with Gasteiger partial charge in [-0.1, -0.05) is 11.6 Å². The van der Waals surface area contributed by atoms with Crippen LogP contribution in [0.4, 0.5) is 5.82 Å². The number of nitrogens with zero attached hydrogens (tertiary/aromatic N) is 6. The molecule has 3 rings (SSSR count). The molecule has 0 bridgehead atoms. The van der Waals surface area contributed by atoms with Crippen molar-refractivity contribution in [1.82, 2.24) is 19.7 Å². The van der Waals surface area contributed by atoms with Crippen LogP contribution < -0.4 is 4.90 Å². The summed E-state index contributed by atoms with van der Waals surface area (Å²) in [5, 5.41) is 17.3. The van der Waals surface area contributed by atoms with E-state index in [1.54, 1.807) is 18.6 Å². The molecule has 3 heterocycles. The summed E-state index contributed by atoms with van der Waals surface area (Å²) < 4.78 is 2.00. The van der Waals surface area contributed by atoms with Crippen molar-refractivity contribution in [2.75, 3.05) is 11.4 Å². The van der Waals surface area contributed by atoms with Crippen LogP contribution in [0.2, 0.25) is 5.02 Å². The molecule has 2 aromatic rings. The lowest BCUT2D eigenvalue weighted by molar-refractivity contribution is 0.556. The summed E-state index contributed by atoms with van der Waals surface area (Å²) in [6.45, 7) is 2.16. The fraction of sp³-hybridized carbons (Fsp3) is 0.273. The molecule has 2 aromatic heterocycles. The first-order valence-corrected chi connectivity index (χ1v) is 5.83. The van der Waals surface area contributed by atoms with Gasteiger partial charge in [0.15, 0.2) is 5.82 Å². The summed E-state index contributed by atoms with van der Waals surface area (Å²) in [4.78, 5) is 6.26. The maximum Gasteiger partial charge on any atom is 0.152 e. The zero-order chi connectivity index (χ0) is 12.5. The Kier molecular flexibility index (Phi) is 2.61. The van der Waals surface area contributed by atoms with Crippen LogP contribution >= 0.6 is 11.6 Å². The van der Waals surface area contributed by atoms with Crippen LogP contribution in [0, 0.1) is 11.3 Å². The predicted molar refractivity (Wildman–Crippen MR) is 65.0 cm³/mol. The highest BCUT2D eigenvalue weighted by Gasteiger charge is 2.21. The number of hydrogen-bond donors (Lipinski definition) is 0. The van der Waals surface area contributed by atoms with Crippen molar-refractivity contribution in [1.29, 1.82) is 5.26 Å². The summed E-state index contributed by atoms with van der Waals surface area (Å²) >= 11 is 6.17. The largest absolute Gasteiger partial charge is 0.346 e. The van der Waals surface area contributed by atoms with E-state index in [4.69, 9.17) is 16.9 Å². The number of rotatable bonds is 1. The van der Waals surface area contributed by atoms with Gasteiger partial charge in [0.1, 0.15) is 23.2 Å². The Labute approximate surface area is 108 Å². The monoisotopic (exact) mass is 260 g/mol. The maximum absolute atomic E-state index is 8.96. The molecule has 0 aromatic carbocycles. The topological polar surface area (TPSA) is 70.6 Å². The summed E-state index contributed by atoms with van der Waals surface area (Å²) in [6.07, 6.45) is 3.31. The molecule has 0 atom stereocenters. The maximum atomic E-state index is 8.96. The van der Waals surface area contributed by atoms with Crippen LogP contribution in [0.3, 0.4) is 0 Å². The Balaban J connectivity index is 1.96. The van der Waals surface area contributed by atoms with Gasteiger partial charge in [0, 0.05) is 19.3 Å². The van der Waals surface area contributed by atoms with Crippen LogP contribution in [0.15, 0.2) is 18.6 Å². The van der Waals surface area contributed by atoms with E-state index in [1.165, 1.54) is 0 Å². The SMILES string of the molecule is N#Cc1ccnc(N2CCn3cnnc3C2)c1Cl. The van der Waals surface area contributed by atoms with Crippen molar-refractivity contribution in [3.63, 3.8) is 0 Å². The van der Waals surface area contributed by atoms with E-state index in [0.717, 1.165) is 18.9 Å². The molecule has 18 heavy (non-hydrogen) atoms. The summed E-state index contributed by atoms with van der Waals surface area (Å²) in [5.74, 6) is 1.51. The average molecular weight is 261 g/mol. The van der Waals surface area contributed by atoms with E-state index < -0.39 is 0 Å². The Hall–Kier alpha value is -2.13. The zero-order valence-electron chi connectivity index (χ0n) is 9.41. The second kappa shape index (κ2) is 4.27. The van der Waals surface area contributed by atoms with Crippen molar-refractivity contribution in [2.24, 2.45) is 0 Å². The molecule has 0 radical (unpaired) electrons. The van der Waals surface area contributed by atoms with Gasteiger partial charge in [0.25, 0.3) is 0 Å². The van der Waals surface area contributed by atoms with Crippen molar-refractivity contribution < 1.29 is 0 Å². The minimum atomic E-state index is 0.396. The van der Waals surface area contributed by atoms with Crippen molar-refractivity contribution >= 4 is 17.4 Å². The van der Waals surface area contributed by atoms with E-state index in [9.17, 15) is 0 Å². The van der Waals surface area contributed by atoms with E-state index >= 15 is 0 Å². The van der Waals surface area contributed by atoms with Gasteiger partial charge in [0.2, 0.25) is 0 Å². The number of halogens is 1. The van der Waals surface area contributed by atoms with Gasteiger partial charge in [-0.15, -0.1) is 10.2 Å². The molecule has 90 valence electrons. The molecule has 0 saturated carbocycles. The number of fused-ring (bicyclic) bond motifs is 1. The molecule has 0 amide bonds. The molecule has 7 heteroatoms. The van der Waals surface area contributed by atoms with Crippen LogP contribution in [0.1, 0.15) is 11.4 Å². The highest BCUT2D eigenvalue weighted by atomic mass is 35.5. The number of anilines is 1. The van der Waals surface area contributed by atoms with E-state index in [2.05, 4.69) is 21.3 Å². The third-order valence-corrected chi connectivity index (χ3v) is 3.30. The molecule has 0 saturated heterocycles. The van der Waals surface area contributed by atoms with Crippen molar-refractivity contribution in [2.45, 2.75) is 13.1 Å². The molecule has 6 nitrogen and oxygen atoms in total. The van der Waals surface area contributed by atoms with Gasteiger partial charge in [-0.25, -0.2) is 4.98 Å². The number of nitriles is 1. The van der Waals surface area contributed by atoms with Gasteiger partial charge < -0.3 is 9.47 Å². The lowest BCUT2D eigenvalue weighted by Gasteiger charge is -2.28. The van der Waals surface area contributed by atoms with Crippen molar-refractivity contribution in [3.8, 4) is 6.07 Å². The smallest absolute Gasteiger partial charge is 0.152 e. The quantitative estimate of drug-likeness (QED) is 0.771. The van der Waals surface area contributed by atoms with E-state index in [0.29, 0.717) is 22.9 Å². The third kappa shape index (κ3) is 1.69. The highest BCUT2D eigenvalue weighted by molar-refractivity contribution is 6.34. The predicted octanol–water partition coefficient (Wildman–Crippen LogP) is 1.22. The Bertz CT molecular complexity index is 629. The number of pyridine rings is 1. The molecule has 0 unspecified atom stereocenters. The lowest BCUT2D eigenvalue weighted by Crippen LogP contribution is -2.34. The number of aromatic nitrogens is 4. The summed E-state index contributed by atoms with van der Waals surface area (Å²) in [5.41, 5.74) is 0.439. The average Bonchev–Trinajstić information content (AvgIpc) is 2.86. The molecule has 1 aliphatic rings. The molecule has 0 aliphatic carbocycles. The van der Waals surface area contributed by atoms with Gasteiger partial charge in [-0.2, -0.15) is 5.26 Å². The second-order valence-corrected chi connectivity index (χ2v) is 4.35. The zero-order valence-corrected chi connectivity index (χ0v) is 10.2. The Morgan fingerprint density at radius 1 is 1.39 bits per heavy atom. The third-order valence-electron chi connectivity index (χ3n) is 2.93. The van der Waals surface area contributed by atoms with Crippen LogP contribution in [0.25, 0.3) is 0 Å². The Morgan fingerprint density at radius 3 is 3.11 bits per heavy atom. The number of hydrogen-bond acceptors (Lipinski definition) is 5. The minimum absolute atomic E-state index is 0.396. The van der Waals surface area contributed by atoms with Crippen LogP contribution in [0.5, 0.6) is 0 Å². The van der Waals surface area contributed by atoms with E-state index in [-0.39, 0.29) is 0 Å². The molecule has 1 aliphatic heterocycles. The van der Waals surface area contributed by atoms with E-state index in [1.807, 2.05) is 9.47 Å². The van der Waals surface area contributed by atoms with Gasteiger partial charge in [-0.3, -0.25) is 0 Å². The second-order valence-electron chi connectivity index (χ2n) is 3.97. The molecule has 0 fully saturated rings. The van der Waals surface area contributed by atoms with Crippen LogP contribution in [-0.2, 0) is 13.1 Å². The summed E-state index contributed by atoms with van der Waals surface area (Å²) in [7, 11) is 0.